The summed E-state index contributed by atoms with van der Waals surface area (Å²) in [6.45, 7) is 0. The van der Waals surface area contributed by atoms with Gasteiger partial charge in [-0.2, -0.15) is 0 Å². The van der Waals surface area contributed by atoms with Gasteiger partial charge < -0.3 is 5.73 Å². The molecule has 11 heteroatoms. The third-order valence-electron chi connectivity index (χ3n) is 3.69. The van der Waals surface area contributed by atoms with Gasteiger partial charge in [-0.3, -0.25) is 19.7 Å². The number of ketones is 2. The lowest BCUT2D eigenvalue weighted by Gasteiger charge is -2.20. The number of nitrogens with two attached hydrogens (primary N) is 1. The molecule has 0 saturated heterocycles. The molecule has 0 saturated carbocycles. The highest BCUT2D eigenvalue weighted by molar-refractivity contribution is 8.13. The van der Waals surface area contributed by atoms with Crippen LogP contribution in [0.4, 0.5) is 15.8 Å². The number of carbonyl (C=O) groups excluding carboxylic acids is 2. The number of carbonyl (C=O) groups is 2. The van der Waals surface area contributed by atoms with Crippen molar-refractivity contribution in [3.8, 4) is 0 Å². The fourth-order valence-electron chi connectivity index (χ4n) is 2.64. The fraction of sp³-hybridized carbons (Fsp3) is 0. The lowest BCUT2D eigenvalue weighted by molar-refractivity contribution is -0.385. The highest BCUT2D eigenvalue weighted by Crippen LogP contribution is 2.40. The van der Waals surface area contributed by atoms with Crippen molar-refractivity contribution in [2.45, 2.75) is 4.90 Å². The predicted molar refractivity (Wildman–Crippen MR) is 83.8 cm³/mol. The SMILES string of the molecule is Nc1c(S(=O)(=O)Cl)cc([N+](=O)[O-])c2c1C(=O)c1cc(F)ccc1C2=O. The number of nitrogens with zero attached hydrogens (tertiary/aromatic N) is 1. The van der Waals surface area contributed by atoms with Crippen molar-refractivity contribution < 1.29 is 27.3 Å². The zero-order valence-electron chi connectivity index (χ0n) is 11.9. The lowest BCUT2D eigenvalue weighted by atomic mass is 9.82. The van der Waals surface area contributed by atoms with Crippen molar-refractivity contribution in [2.24, 2.45) is 0 Å². The summed E-state index contributed by atoms with van der Waals surface area (Å²) in [5, 5.41) is 11.3. The van der Waals surface area contributed by atoms with E-state index in [0.29, 0.717) is 6.07 Å². The Kier molecular flexibility index (Phi) is 3.62. The second-order valence-electron chi connectivity index (χ2n) is 5.10. The summed E-state index contributed by atoms with van der Waals surface area (Å²) in [5.41, 5.74) is 2.06. The maximum absolute atomic E-state index is 13.4. The van der Waals surface area contributed by atoms with E-state index in [-0.39, 0.29) is 11.1 Å². The van der Waals surface area contributed by atoms with Gasteiger partial charge in [0.1, 0.15) is 16.3 Å². The Morgan fingerprint density at radius 3 is 2.24 bits per heavy atom. The number of anilines is 1. The molecule has 8 nitrogen and oxygen atoms in total. The highest BCUT2D eigenvalue weighted by atomic mass is 35.7. The van der Waals surface area contributed by atoms with Crippen LogP contribution in [-0.4, -0.2) is 24.9 Å². The maximum atomic E-state index is 13.4. The lowest BCUT2D eigenvalue weighted by Crippen LogP contribution is -2.25. The molecule has 0 atom stereocenters. The van der Waals surface area contributed by atoms with Crippen LogP contribution in [0, 0.1) is 15.9 Å². The van der Waals surface area contributed by atoms with Crippen LogP contribution in [0.1, 0.15) is 31.8 Å². The van der Waals surface area contributed by atoms with E-state index < -0.39 is 58.8 Å². The molecule has 2 N–H and O–H groups in total. The number of rotatable bonds is 2. The quantitative estimate of drug-likeness (QED) is 0.308. The summed E-state index contributed by atoms with van der Waals surface area (Å²) in [7, 11) is 0.662. The van der Waals surface area contributed by atoms with Gasteiger partial charge in [0, 0.05) is 27.9 Å². The van der Waals surface area contributed by atoms with E-state index in [0.717, 1.165) is 18.2 Å². The molecule has 0 spiro atoms. The van der Waals surface area contributed by atoms with Gasteiger partial charge in [-0.25, -0.2) is 12.8 Å². The van der Waals surface area contributed by atoms with Gasteiger partial charge in [-0.15, -0.1) is 0 Å². The van der Waals surface area contributed by atoms with E-state index in [2.05, 4.69) is 0 Å². The molecule has 128 valence electrons. The van der Waals surface area contributed by atoms with E-state index >= 15 is 0 Å². The van der Waals surface area contributed by atoms with Crippen LogP contribution in [0.5, 0.6) is 0 Å². The molecule has 2 aromatic carbocycles. The molecule has 0 bridgehead atoms. The number of hydrogen-bond acceptors (Lipinski definition) is 7. The molecule has 0 aliphatic heterocycles. The second kappa shape index (κ2) is 5.33. The van der Waals surface area contributed by atoms with Crippen molar-refractivity contribution in [1.82, 2.24) is 0 Å². The molecule has 0 unspecified atom stereocenters. The third-order valence-corrected chi connectivity index (χ3v) is 5.05. The van der Waals surface area contributed by atoms with Gasteiger partial charge in [-0.05, 0) is 18.2 Å². The van der Waals surface area contributed by atoms with Crippen molar-refractivity contribution >= 4 is 42.7 Å². The number of fused-ring (bicyclic) bond motifs is 2. The van der Waals surface area contributed by atoms with Crippen LogP contribution < -0.4 is 5.73 Å². The van der Waals surface area contributed by atoms with Crippen molar-refractivity contribution in [3.63, 3.8) is 0 Å². The minimum Gasteiger partial charge on any atom is -0.397 e. The van der Waals surface area contributed by atoms with Gasteiger partial charge in [0.15, 0.2) is 5.78 Å². The summed E-state index contributed by atoms with van der Waals surface area (Å²) < 4.78 is 36.6. The molecule has 0 radical (unpaired) electrons. The first kappa shape index (κ1) is 17.0. The molecule has 1 aliphatic carbocycles. The van der Waals surface area contributed by atoms with Crippen LogP contribution in [0.2, 0.25) is 0 Å². The number of nitro benzene ring substituents is 1. The van der Waals surface area contributed by atoms with Crippen molar-refractivity contribution in [2.75, 3.05) is 5.73 Å². The van der Waals surface area contributed by atoms with E-state index in [9.17, 15) is 32.5 Å². The Labute approximate surface area is 143 Å². The summed E-state index contributed by atoms with van der Waals surface area (Å²) in [6, 6.07) is 3.23. The number of benzene rings is 2. The summed E-state index contributed by atoms with van der Waals surface area (Å²) in [6.07, 6.45) is 0. The van der Waals surface area contributed by atoms with Crippen LogP contribution in [-0.2, 0) is 9.05 Å². The Morgan fingerprint density at radius 2 is 1.68 bits per heavy atom. The van der Waals surface area contributed by atoms with Crippen molar-refractivity contribution in [1.29, 1.82) is 0 Å². The highest BCUT2D eigenvalue weighted by Gasteiger charge is 2.40. The first-order chi connectivity index (χ1) is 11.5. The molecular formula is C14H6ClFN2O6S. The summed E-state index contributed by atoms with van der Waals surface area (Å²) in [4.78, 5) is 34.6. The van der Waals surface area contributed by atoms with E-state index in [4.69, 9.17) is 16.4 Å². The Bertz CT molecular complexity index is 1110. The summed E-state index contributed by atoms with van der Waals surface area (Å²) in [5.74, 6) is -2.77. The van der Waals surface area contributed by atoms with Crippen molar-refractivity contribution in [3.05, 3.63) is 62.5 Å². The molecule has 0 fully saturated rings. The number of halogens is 2. The third kappa shape index (κ3) is 2.46. The zero-order valence-corrected chi connectivity index (χ0v) is 13.5. The first-order valence-corrected chi connectivity index (χ1v) is 8.79. The minimum absolute atomic E-state index is 0.247. The standard InChI is InChI=1S/C14H6ClFN2O6S/c15-25(23,24)9-4-8(18(21)22)10-11(12(9)17)14(20)7-3-5(16)1-2-6(7)13(10)19/h1-4H,17H2. The van der Waals surface area contributed by atoms with Crippen LogP contribution >= 0.6 is 10.7 Å². The number of nitrogen functional groups attached to an aromatic ring is 1. The van der Waals surface area contributed by atoms with Crippen LogP contribution in [0.15, 0.2) is 29.2 Å². The minimum atomic E-state index is -4.54. The van der Waals surface area contributed by atoms with Gasteiger partial charge >= 0.3 is 0 Å². The second-order valence-corrected chi connectivity index (χ2v) is 7.63. The van der Waals surface area contributed by atoms with E-state index in [1.165, 1.54) is 0 Å². The van der Waals surface area contributed by atoms with E-state index in [1.807, 2.05) is 0 Å². The topological polar surface area (TPSA) is 137 Å². The fourth-order valence-corrected chi connectivity index (χ4v) is 3.64. The van der Waals surface area contributed by atoms with Gasteiger partial charge in [0.25, 0.3) is 14.7 Å². The monoisotopic (exact) mass is 384 g/mol. The molecule has 0 aromatic heterocycles. The Balaban J connectivity index is 2.49. The predicted octanol–water partition coefficient (Wildman–Crippen LogP) is 2.02. The zero-order chi connectivity index (χ0) is 18.7. The molecular weight excluding hydrogens is 379 g/mol. The average Bonchev–Trinajstić information content (AvgIpc) is 2.50. The number of hydrogen-bond donors (Lipinski definition) is 1. The van der Waals surface area contributed by atoms with Gasteiger partial charge in [0.05, 0.1) is 16.2 Å². The normalized spacial score (nSPS) is 13.4. The largest absolute Gasteiger partial charge is 0.397 e. The molecule has 2 aromatic rings. The van der Waals surface area contributed by atoms with Crippen LogP contribution in [0.25, 0.3) is 0 Å². The summed E-state index contributed by atoms with van der Waals surface area (Å²) >= 11 is 0. The Morgan fingerprint density at radius 1 is 1.08 bits per heavy atom. The molecule has 25 heavy (non-hydrogen) atoms. The molecule has 3 rings (SSSR count). The van der Waals surface area contributed by atoms with Gasteiger partial charge in [-0.1, -0.05) is 0 Å². The first-order valence-electron chi connectivity index (χ1n) is 6.48. The smallest absolute Gasteiger partial charge is 0.282 e. The molecule has 0 amide bonds. The number of nitro groups is 1. The van der Waals surface area contributed by atoms with Crippen LogP contribution in [0.3, 0.4) is 0 Å². The molecule has 1 aliphatic rings. The van der Waals surface area contributed by atoms with E-state index in [1.54, 1.807) is 0 Å². The Hall–Kier alpha value is -2.85. The molecule has 0 heterocycles. The average molecular weight is 385 g/mol. The van der Waals surface area contributed by atoms with Gasteiger partial charge in [0.2, 0.25) is 5.78 Å². The maximum Gasteiger partial charge on any atom is 0.282 e.